The van der Waals surface area contributed by atoms with Gasteiger partial charge >= 0.3 is 0 Å². The van der Waals surface area contributed by atoms with Gasteiger partial charge in [0.25, 0.3) is 5.56 Å². The van der Waals surface area contributed by atoms with E-state index in [1.165, 1.54) is 15.8 Å². The van der Waals surface area contributed by atoms with Crippen molar-refractivity contribution < 1.29 is 4.79 Å². The van der Waals surface area contributed by atoms with Crippen LogP contribution in [0.25, 0.3) is 0 Å². The minimum Gasteiger partial charge on any atom is -0.379 e. The third kappa shape index (κ3) is 3.72. The summed E-state index contributed by atoms with van der Waals surface area (Å²) in [6, 6.07) is 0. The lowest BCUT2D eigenvalue weighted by molar-refractivity contribution is -0.128. The summed E-state index contributed by atoms with van der Waals surface area (Å²) < 4.78 is 1.44. The van der Waals surface area contributed by atoms with Gasteiger partial charge in [-0.15, -0.1) is 0 Å². The molecule has 1 amide bonds. The summed E-state index contributed by atoms with van der Waals surface area (Å²) in [6.07, 6.45) is 4.09. The summed E-state index contributed by atoms with van der Waals surface area (Å²) in [5.41, 5.74) is 0.107. The highest BCUT2D eigenvalue weighted by molar-refractivity contribution is 6.33. The molecule has 1 aromatic rings. The van der Waals surface area contributed by atoms with Gasteiger partial charge in [-0.1, -0.05) is 11.6 Å². The maximum atomic E-state index is 12.2. The number of nitrogens with one attached hydrogen (secondary N) is 1. The molecule has 110 valence electrons. The summed E-state index contributed by atoms with van der Waals surface area (Å²) in [4.78, 5) is 25.2. The molecular formula is C13H19ClN4O2. The minimum absolute atomic E-state index is 0.000912. The highest BCUT2D eigenvalue weighted by Gasteiger charge is 2.23. The van der Waals surface area contributed by atoms with Crippen molar-refractivity contribution in [2.75, 3.05) is 26.0 Å². The molecule has 6 nitrogen and oxygen atoms in total. The largest absolute Gasteiger partial charge is 0.379 e. The van der Waals surface area contributed by atoms with Crippen LogP contribution < -0.4 is 10.9 Å². The normalized spacial score (nSPS) is 14.2. The van der Waals surface area contributed by atoms with E-state index in [1.54, 1.807) is 14.1 Å². The van der Waals surface area contributed by atoms with Gasteiger partial charge in [-0.2, -0.15) is 5.10 Å². The number of hydrogen-bond donors (Lipinski definition) is 1. The first-order valence-electron chi connectivity index (χ1n) is 6.68. The van der Waals surface area contributed by atoms with Crippen molar-refractivity contribution in [3.05, 3.63) is 21.6 Å². The van der Waals surface area contributed by atoms with Crippen LogP contribution in [0.2, 0.25) is 5.02 Å². The van der Waals surface area contributed by atoms with Gasteiger partial charge in [-0.05, 0) is 18.8 Å². The van der Waals surface area contributed by atoms with Crippen molar-refractivity contribution in [3.8, 4) is 0 Å². The van der Waals surface area contributed by atoms with E-state index in [1.807, 2.05) is 0 Å². The molecule has 1 heterocycles. The number of carbonyl (C=O) groups excluding carboxylic acids is 1. The SMILES string of the molecule is CN(C)C(=O)CCNc1c(Cl)cnn(CC2CC2)c1=O. The zero-order valence-electron chi connectivity index (χ0n) is 11.7. The molecule has 0 aromatic carbocycles. The van der Waals surface area contributed by atoms with Gasteiger partial charge < -0.3 is 10.2 Å². The molecule has 0 unspecified atom stereocenters. The van der Waals surface area contributed by atoms with Crippen molar-refractivity contribution in [1.29, 1.82) is 0 Å². The molecule has 0 aliphatic heterocycles. The number of nitrogens with zero attached hydrogens (tertiary/aromatic N) is 3. The van der Waals surface area contributed by atoms with Gasteiger partial charge in [0, 0.05) is 33.6 Å². The molecule has 1 aliphatic carbocycles. The summed E-state index contributed by atoms with van der Waals surface area (Å²) >= 11 is 6.00. The van der Waals surface area contributed by atoms with E-state index >= 15 is 0 Å². The summed E-state index contributed by atoms with van der Waals surface area (Å²) in [6.45, 7) is 1.01. The van der Waals surface area contributed by atoms with Crippen LogP contribution >= 0.6 is 11.6 Å². The molecular weight excluding hydrogens is 280 g/mol. The summed E-state index contributed by atoms with van der Waals surface area (Å²) in [7, 11) is 3.40. The monoisotopic (exact) mass is 298 g/mol. The Bertz CT molecular complexity index is 552. The Morgan fingerprint density at radius 1 is 1.55 bits per heavy atom. The van der Waals surface area contributed by atoms with E-state index in [0.29, 0.717) is 36.1 Å². The first kappa shape index (κ1) is 14.8. The maximum absolute atomic E-state index is 12.2. The lowest BCUT2D eigenvalue weighted by atomic mass is 10.3. The van der Waals surface area contributed by atoms with Crippen molar-refractivity contribution in [2.24, 2.45) is 5.92 Å². The van der Waals surface area contributed by atoms with Gasteiger partial charge in [0.2, 0.25) is 5.91 Å². The van der Waals surface area contributed by atoms with Crippen LogP contribution in [0.15, 0.2) is 11.0 Å². The second-order valence-corrected chi connectivity index (χ2v) is 5.67. The van der Waals surface area contributed by atoms with Gasteiger partial charge in [0.15, 0.2) is 0 Å². The number of rotatable bonds is 6. The number of hydrogen-bond acceptors (Lipinski definition) is 4. The Hall–Kier alpha value is -1.56. The summed E-state index contributed by atoms with van der Waals surface area (Å²) in [5.74, 6) is 0.561. The van der Waals surface area contributed by atoms with E-state index < -0.39 is 0 Å². The molecule has 1 aromatic heterocycles. The zero-order chi connectivity index (χ0) is 14.7. The van der Waals surface area contributed by atoms with Gasteiger partial charge in [-0.25, -0.2) is 4.68 Å². The van der Waals surface area contributed by atoms with Crippen molar-refractivity contribution in [3.63, 3.8) is 0 Å². The maximum Gasteiger partial charge on any atom is 0.291 e. The molecule has 7 heteroatoms. The highest BCUT2D eigenvalue weighted by Crippen LogP contribution is 2.30. The van der Waals surface area contributed by atoms with Crippen LogP contribution in [0.1, 0.15) is 19.3 Å². The van der Waals surface area contributed by atoms with Crippen LogP contribution in [0, 0.1) is 5.92 Å². The topological polar surface area (TPSA) is 67.2 Å². The van der Waals surface area contributed by atoms with E-state index in [2.05, 4.69) is 10.4 Å². The molecule has 20 heavy (non-hydrogen) atoms. The van der Waals surface area contributed by atoms with Crippen LogP contribution in [-0.4, -0.2) is 41.2 Å². The average Bonchev–Trinajstić information content (AvgIpc) is 3.20. The van der Waals surface area contributed by atoms with Crippen molar-refractivity contribution >= 4 is 23.2 Å². The van der Waals surface area contributed by atoms with Gasteiger partial charge in [0.1, 0.15) is 5.69 Å². The molecule has 0 bridgehead atoms. The summed E-state index contributed by atoms with van der Waals surface area (Å²) in [5, 5.41) is 7.29. The Balaban J connectivity index is 2.02. The first-order chi connectivity index (χ1) is 9.49. The van der Waals surface area contributed by atoms with E-state index in [4.69, 9.17) is 11.6 Å². The smallest absolute Gasteiger partial charge is 0.291 e. The van der Waals surface area contributed by atoms with Crippen molar-refractivity contribution in [2.45, 2.75) is 25.8 Å². The molecule has 2 rings (SSSR count). The number of halogens is 1. The lowest BCUT2D eigenvalue weighted by Gasteiger charge is -2.12. The average molecular weight is 299 g/mol. The fourth-order valence-electron chi connectivity index (χ4n) is 1.82. The van der Waals surface area contributed by atoms with Crippen LogP contribution in [0.4, 0.5) is 5.69 Å². The van der Waals surface area contributed by atoms with E-state index in [0.717, 1.165) is 12.8 Å². The Morgan fingerprint density at radius 3 is 2.85 bits per heavy atom. The standard InChI is InChI=1S/C13H19ClN4O2/c1-17(2)11(19)5-6-15-12-10(14)7-16-18(13(12)20)8-9-3-4-9/h7,9,15H,3-6,8H2,1-2H3. The fourth-order valence-corrected chi connectivity index (χ4v) is 2.01. The van der Waals surface area contributed by atoms with E-state index in [-0.39, 0.29) is 11.5 Å². The van der Waals surface area contributed by atoms with Gasteiger partial charge in [0.05, 0.1) is 11.2 Å². The molecule has 1 fully saturated rings. The zero-order valence-corrected chi connectivity index (χ0v) is 12.5. The van der Waals surface area contributed by atoms with Gasteiger partial charge in [-0.3, -0.25) is 9.59 Å². The minimum atomic E-state index is -0.221. The quantitative estimate of drug-likeness (QED) is 0.857. The third-order valence-corrected chi connectivity index (χ3v) is 3.55. The third-order valence-electron chi connectivity index (χ3n) is 3.27. The lowest BCUT2D eigenvalue weighted by Crippen LogP contribution is -2.28. The predicted molar refractivity (Wildman–Crippen MR) is 78.0 cm³/mol. The van der Waals surface area contributed by atoms with E-state index in [9.17, 15) is 9.59 Å². The molecule has 1 N–H and O–H groups in total. The number of anilines is 1. The Kier molecular flexibility index (Phi) is 4.65. The fraction of sp³-hybridized carbons (Fsp3) is 0.615. The molecule has 0 atom stereocenters. The first-order valence-corrected chi connectivity index (χ1v) is 7.06. The Labute approximate surface area is 122 Å². The van der Waals surface area contributed by atoms with Crippen LogP contribution in [0.3, 0.4) is 0 Å². The molecule has 0 saturated heterocycles. The molecule has 1 aliphatic rings. The molecule has 0 radical (unpaired) electrons. The number of amides is 1. The number of aromatic nitrogens is 2. The predicted octanol–water partition coefficient (Wildman–Crippen LogP) is 1.20. The second-order valence-electron chi connectivity index (χ2n) is 5.26. The van der Waals surface area contributed by atoms with Crippen LogP contribution in [-0.2, 0) is 11.3 Å². The Morgan fingerprint density at radius 2 is 2.25 bits per heavy atom. The van der Waals surface area contributed by atoms with Crippen molar-refractivity contribution in [1.82, 2.24) is 14.7 Å². The second kappa shape index (κ2) is 6.26. The number of carbonyl (C=O) groups is 1. The molecule has 0 spiro atoms. The van der Waals surface area contributed by atoms with Crippen LogP contribution in [0.5, 0.6) is 0 Å². The molecule has 1 saturated carbocycles. The highest BCUT2D eigenvalue weighted by atomic mass is 35.5.